The van der Waals surface area contributed by atoms with E-state index in [1.165, 1.54) is 11.3 Å². The van der Waals surface area contributed by atoms with E-state index in [1.54, 1.807) is 0 Å². The van der Waals surface area contributed by atoms with Crippen LogP contribution in [-0.2, 0) is 11.2 Å². The van der Waals surface area contributed by atoms with Crippen LogP contribution in [0.3, 0.4) is 0 Å². The molecular weight excluding hydrogens is 359 g/mol. The number of rotatable bonds is 4. The molecular formula is C14H16Cl2N4O2S. The van der Waals surface area contributed by atoms with Gasteiger partial charge in [0.2, 0.25) is 11.0 Å². The van der Waals surface area contributed by atoms with Gasteiger partial charge in [-0.1, -0.05) is 35.1 Å². The van der Waals surface area contributed by atoms with Crippen molar-refractivity contribution >= 4 is 46.4 Å². The number of amides is 1. The Morgan fingerprint density at radius 2 is 2.30 bits per heavy atom. The van der Waals surface area contributed by atoms with E-state index in [9.17, 15) is 9.90 Å². The van der Waals surface area contributed by atoms with E-state index >= 15 is 0 Å². The lowest BCUT2D eigenvalue weighted by atomic mass is 10.2. The zero-order valence-electron chi connectivity index (χ0n) is 12.0. The number of carbonyl (C=O) groups is 1. The summed E-state index contributed by atoms with van der Waals surface area (Å²) >= 11 is 7.29. The molecule has 1 saturated heterocycles. The molecule has 23 heavy (non-hydrogen) atoms. The van der Waals surface area contributed by atoms with Crippen molar-refractivity contribution in [3.63, 3.8) is 0 Å². The molecule has 1 aromatic carbocycles. The number of carbonyl (C=O) groups excluding carboxylic acids is 1. The van der Waals surface area contributed by atoms with Gasteiger partial charge in [0.25, 0.3) is 0 Å². The average molecular weight is 375 g/mol. The highest BCUT2D eigenvalue weighted by molar-refractivity contribution is 7.15. The van der Waals surface area contributed by atoms with Crippen molar-refractivity contribution in [1.29, 1.82) is 0 Å². The zero-order valence-corrected chi connectivity index (χ0v) is 14.4. The van der Waals surface area contributed by atoms with Crippen LogP contribution in [0.25, 0.3) is 0 Å². The van der Waals surface area contributed by atoms with E-state index in [1.807, 2.05) is 24.3 Å². The molecule has 0 radical (unpaired) electrons. The van der Waals surface area contributed by atoms with Crippen LogP contribution < -0.4 is 10.6 Å². The molecule has 2 atom stereocenters. The third kappa shape index (κ3) is 4.86. The molecule has 0 saturated carbocycles. The van der Waals surface area contributed by atoms with E-state index in [2.05, 4.69) is 20.8 Å². The van der Waals surface area contributed by atoms with Gasteiger partial charge in [0.1, 0.15) is 5.01 Å². The van der Waals surface area contributed by atoms with Gasteiger partial charge < -0.3 is 10.4 Å². The Kier molecular flexibility index (Phi) is 6.32. The lowest BCUT2D eigenvalue weighted by Crippen LogP contribution is -2.35. The van der Waals surface area contributed by atoms with Crippen molar-refractivity contribution in [2.75, 3.05) is 11.9 Å². The third-order valence-corrected chi connectivity index (χ3v) is 4.44. The number of aliphatic hydroxyl groups excluding tert-OH is 1. The predicted octanol–water partition coefficient (Wildman–Crippen LogP) is 1.87. The normalized spacial score (nSPS) is 20.1. The number of anilines is 1. The zero-order chi connectivity index (χ0) is 15.5. The van der Waals surface area contributed by atoms with Gasteiger partial charge in [-0.3, -0.25) is 10.1 Å². The molecule has 2 aromatic rings. The number of hydrogen-bond acceptors (Lipinski definition) is 6. The number of halogens is 2. The summed E-state index contributed by atoms with van der Waals surface area (Å²) in [5.41, 5.74) is 1.04. The molecule has 3 N–H and O–H groups in total. The first-order valence-corrected chi connectivity index (χ1v) is 8.09. The van der Waals surface area contributed by atoms with Crippen molar-refractivity contribution in [2.45, 2.75) is 25.0 Å². The Balaban J connectivity index is 0.00000192. The maximum Gasteiger partial charge on any atom is 0.243 e. The first-order chi connectivity index (χ1) is 10.6. The first-order valence-electron chi connectivity index (χ1n) is 6.89. The second-order valence-corrected chi connectivity index (χ2v) is 6.65. The maximum atomic E-state index is 12.0. The minimum atomic E-state index is -0.469. The number of nitrogens with zero attached hydrogens (tertiary/aromatic N) is 2. The Bertz CT molecular complexity index is 682. The van der Waals surface area contributed by atoms with Crippen LogP contribution in [0.1, 0.15) is 17.0 Å². The summed E-state index contributed by atoms with van der Waals surface area (Å²) in [6.45, 7) is 0.439. The van der Waals surface area contributed by atoms with Crippen molar-refractivity contribution in [2.24, 2.45) is 0 Å². The molecule has 6 nitrogen and oxygen atoms in total. The third-order valence-electron chi connectivity index (χ3n) is 3.37. The molecule has 1 aliphatic heterocycles. The van der Waals surface area contributed by atoms with Crippen molar-refractivity contribution < 1.29 is 9.90 Å². The summed E-state index contributed by atoms with van der Waals surface area (Å²) in [5, 5.41) is 25.1. The molecule has 0 spiro atoms. The van der Waals surface area contributed by atoms with Crippen LogP contribution >= 0.6 is 35.3 Å². The van der Waals surface area contributed by atoms with Gasteiger partial charge in [0.05, 0.1) is 12.1 Å². The monoisotopic (exact) mass is 374 g/mol. The highest BCUT2D eigenvalue weighted by Crippen LogP contribution is 2.21. The predicted molar refractivity (Wildman–Crippen MR) is 92.5 cm³/mol. The minimum Gasteiger partial charge on any atom is -0.392 e. The summed E-state index contributed by atoms with van der Waals surface area (Å²) in [4.78, 5) is 12.0. The topological polar surface area (TPSA) is 87.1 Å². The van der Waals surface area contributed by atoms with E-state index in [4.69, 9.17) is 11.6 Å². The van der Waals surface area contributed by atoms with Crippen molar-refractivity contribution in [3.8, 4) is 0 Å². The molecule has 9 heteroatoms. The number of hydrogen-bond donors (Lipinski definition) is 3. The second-order valence-electron chi connectivity index (χ2n) is 5.15. The second kappa shape index (κ2) is 8.03. The SMILES string of the molecule is Cl.O=C(Nc1nnc(Cc2cccc(Cl)c2)s1)C1CC(O)CN1. The molecule has 0 bridgehead atoms. The highest BCUT2D eigenvalue weighted by atomic mass is 35.5. The molecule has 1 fully saturated rings. The van der Waals surface area contributed by atoms with Crippen molar-refractivity contribution in [3.05, 3.63) is 39.9 Å². The Labute approximate surface area is 148 Å². The number of nitrogens with one attached hydrogen (secondary N) is 2. The fourth-order valence-corrected chi connectivity index (χ4v) is 3.30. The van der Waals surface area contributed by atoms with Crippen LogP contribution in [0.2, 0.25) is 5.02 Å². The van der Waals surface area contributed by atoms with Gasteiger partial charge in [0.15, 0.2) is 0 Å². The summed E-state index contributed by atoms with van der Waals surface area (Å²) < 4.78 is 0. The van der Waals surface area contributed by atoms with Crippen LogP contribution in [0.4, 0.5) is 5.13 Å². The van der Waals surface area contributed by atoms with Gasteiger partial charge in [-0.2, -0.15) is 0 Å². The fraction of sp³-hybridized carbons (Fsp3) is 0.357. The molecule has 3 rings (SSSR count). The minimum absolute atomic E-state index is 0. The number of benzene rings is 1. The summed E-state index contributed by atoms with van der Waals surface area (Å²) in [7, 11) is 0. The Morgan fingerprint density at radius 1 is 1.48 bits per heavy atom. The molecule has 1 aliphatic rings. The largest absolute Gasteiger partial charge is 0.392 e. The number of aliphatic hydroxyl groups is 1. The smallest absolute Gasteiger partial charge is 0.243 e. The lowest BCUT2D eigenvalue weighted by molar-refractivity contribution is -0.117. The molecule has 124 valence electrons. The first kappa shape index (κ1) is 18.1. The molecule has 0 aliphatic carbocycles. The van der Waals surface area contributed by atoms with Gasteiger partial charge >= 0.3 is 0 Å². The van der Waals surface area contributed by atoms with Crippen molar-refractivity contribution in [1.82, 2.24) is 15.5 Å². The van der Waals surface area contributed by atoms with Crippen LogP contribution in [0, 0.1) is 0 Å². The fourth-order valence-electron chi connectivity index (χ4n) is 2.31. The van der Waals surface area contributed by atoms with Gasteiger partial charge in [-0.05, 0) is 24.1 Å². The van der Waals surface area contributed by atoms with E-state index < -0.39 is 6.10 Å². The molecule has 2 heterocycles. The average Bonchev–Trinajstić information content (AvgIpc) is 3.08. The Morgan fingerprint density at radius 3 is 3.00 bits per heavy atom. The lowest BCUT2D eigenvalue weighted by Gasteiger charge is -2.07. The quantitative estimate of drug-likeness (QED) is 0.760. The standard InChI is InChI=1S/C14H15ClN4O2S.ClH/c15-9-3-1-2-8(4-9)5-12-18-19-14(22-12)17-13(21)11-6-10(20)7-16-11;/h1-4,10-11,16,20H,5-7H2,(H,17,19,21);1H. The molecule has 1 aromatic heterocycles. The van der Waals surface area contributed by atoms with E-state index in [0.29, 0.717) is 29.5 Å². The van der Waals surface area contributed by atoms with Gasteiger partial charge in [-0.15, -0.1) is 22.6 Å². The number of aromatic nitrogens is 2. The van der Waals surface area contributed by atoms with Gasteiger partial charge in [0, 0.05) is 18.0 Å². The molecule has 2 unspecified atom stereocenters. The summed E-state index contributed by atoms with van der Waals surface area (Å²) in [6, 6.07) is 7.17. The summed E-state index contributed by atoms with van der Waals surface area (Å²) in [5.74, 6) is -0.193. The van der Waals surface area contributed by atoms with Crippen LogP contribution in [-0.4, -0.2) is 39.9 Å². The number of β-amino-alcohol motifs (C(OH)–C–C–N with tert-alkyl or cyclic N) is 1. The maximum absolute atomic E-state index is 12.0. The highest BCUT2D eigenvalue weighted by Gasteiger charge is 2.28. The molecule has 1 amide bonds. The van der Waals surface area contributed by atoms with E-state index in [0.717, 1.165) is 10.6 Å². The van der Waals surface area contributed by atoms with E-state index in [-0.39, 0.29) is 24.4 Å². The summed E-state index contributed by atoms with van der Waals surface area (Å²) in [6.07, 6.45) is 0.567. The van der Waals surface area contributed by atoms with Crippen LogP contribution in [0.15, 0.2) is 24.3 Å². The van der Waals surface area contributed by atoms with Crippen LogP contribution in [0.5, 0.6) is 0 Å². The Hall–Kier alpha value is -1.25. The van der Waals surface area contributed by atoms with Gasteiger partial charge in [-0.25, -0.2) is 0 Å².